The van der Waals surface area contributed by atoms with Crippen LogP contribution in [-0.2, 0) is 0 Å². The van der Waals surface area contributed by atoms with Gasteiger partial charge in [0, 0.05) is 11.8 Å². The summed E-state index contributed by atoms with van der Waals surface area (Å²) >= 11 is 3.08. The third kappa shape index (κ3) is 2.77. The van der Waals surface area contributed by atoms with E-state index in [-0.39, 0.29) is 5.25 Å². The lowest BCUT2D eigenvalue weighted by atomic mass is 10.1. The molecule has 1 atom stereocenters. The van der Waals surface area contributed by atoms with E-state index in [1.807, 2.05) is 18.2 Å². The first-order chi connectivity index (χ1) is 7.40. The molecule has 1 heterocycles. The van der Waals surface area contributed by atoms with Crippen molar-refractivity contribution >= 4 is 23.3 Å². The van der Waals surface area contributed by atoms with Crippen LogP contribution >= 0.6 is 23.3 Å². The molecule has 1 unspecified atom stereocenters. The van der Waals surface area contributed by atoms with Crippen LogP contribution in [0.5, 0.6) is 0 Å². The third-order valence-electron chi connectivity index (χ3n) is 1.97. The molecule has 5 heteroatoms. The number of hydrogen-bond donors (Lipinski definition) is 1. The molecule has 1 aromatic carbocycles. The molecule has 0 amide bonds. The second-order valence-electron chi connectivity index (χ2n) is 2.96. The van der Waals surface area contributed by atoms with Gasteiger partial charge in [0.05, 0.1) is 0 Å². The zero-order valence-electron chi connectivity index (χ0n) is 8.04. The summed E-state index contributed by atoms with van der Waals surface area (Å²) in [4.78, 5) is 4.14. The molecule has 0 saturated carbocycles. The van der Waals surface area contributed by atoms with E-state index in [2.05, 4.69) is 21.5 Å². The summed E-state index contributed by atoms with van der Waals surface area (Å²) < 4.78 is 4.94. The normalized spacial score (nSPS) is 12.6. The van der Waals surface area contributed by atoms with Gasteiger partial charge in [-0.3, -0.25) is 0 Å². The van der Waals surface area contributed by atoms with Crippen LogP contribution < -0.4 is 5.73 Å². The first kappa shape index (κ1) is 10.6. The molecule has 0 aliphatic carbocycles. The lowest BCUT2D eigenvalue weighted by Crippen LogP contribution is -2.08. The highest BCUT2D eigenvalue weighted by molar-refractivity contribution is 8.01. The molecule has 2 N–H and O–H groups in total. The zero-order chi connectivity index (χ0) is 10.5. The maximum absolute atomic E-state index is 5.76. The Kier molecular flexibility index (Phi) is 3.71. The molecule has 0 aliphatic heterocycles. The van der Waals surface area contributed by atoms with E-state index >= 15 is 0 Å². The summed E-state index contributed by atoms with van der Waals surface area (Å²) in [6, 6.07) is 10.2. The first-order valence-electron chi connectivity index (χ1n) is 4.58. The van der Waals surface area contributed by atoms with Crippen LogP contribution in [0.25, 0.3) is 0 Å². The molecule has 2 rings (SSSR count). The molecule has 0 spiro atoms. The SMILES string of the molecule is NCC(Sc1ncns1)c1ccccc1. The Morgan fingerprint density at radius 3 is 2.73 bits per heavy atom. The standard InChI is InChI=1S/C10H11N3S2/c11-6-9(8-4-2-1-3-5-8)14-10-12-7-13-15-10/h1-5,7,9H,6,11H2. The number of thioether (sulfide) groups is 1. The minimum atomic E-state index is 0.263. The van der Waals surface area contributed by atoms with Crippen molar-refractivity contribution in [2.45, 2.75) is 9.59 Å². The molecule has 0 aliphatic rings. The second kappa shape index (κ2) is 5.25. The van der Waals surface area contributed by atoms with E-state index < -0.39 is 0 Å². The van der Waals surface area contributed by atoms with Crippen LogP contribution in [0.3, 0.4) is 0 Å². The number of hydrogen-bond acceptors (Lipinski definition) is 5. The van der Waals surface area contributed by atoms with Crippen molar-refractivity contribution in [1.82, 2.24) is 9.36 Å². The molecule has 3 nitrogen and oxygen atoms in total. The van der Waals surface area contributed by atoms with Gasteiger partial charge >= 0.3 is 0 Å². The van der Waals surface area contributed by atoms with Crippen LogP contribution in [0.4, 0.5) is 0 Å². The van der Waals surface area contributed by atoms with E-state index in [1.54, 1.807) is 18.1 Å². The van der Waals surface area contributed by atoms with Crippen LogP contribution in [0.15, 0.2) is 41.0 Å². The number of benzene rings is 1. The van der Waals surface area contributed by atoms with Crippen molar-refractivity contribution < 1.29 is 0 Å². The van der Waals surface area contributed by atoms with E-state index in [0.29, 0.717) is 6.54 Å². The smallest absolute Gasteiger partial charge is 0.170 e. The Morgan fingerprint density at radius 1 is 1.33 bits per heavy atom. The maximum Gasteiger partial charge on any atom is 0.170 e. The van der Waals surface area contributed by atoms with E-state index in [4.69, 9.17) is 5.73 Å². The number of nitrogens with zero attached hydrogens (tertiary/aromatic N) is 2. The van der Waals surface area contributed by atoms with Crippen molar-refractivity contribution in [3.05, 3.63) is 42.2 Å². The van der Waals surface area contributed by atoms with Crippen molar-refractivity contribution in [2.75, 3.05) is 6.54 Å². The van der Waals surface area contributed by atoms with Crippen LogP contribution in [-0.4, -0.2) is 15.9 Å². The first-order valence-corrected chi connectivity index (χ1v) is 6.24. The fourth-order valence-corrected chi connectivity index (χ4v) is 2.93. The van der Waals surface area contributed by atoms with Crippen molar-refractivity contribution in [3.63, 3.8) is 0 Å². The van der Waals surface area contributed by atoms with E-state index in [0.717, 1.165) is 4.34 Å². The molecule has 0 fully saturated rings. The van der Waals surface area contributed by atoms with Gasteiger partial charge in [-0.2, -0.15) is 4.37 Å². The average molecular weight is 237 g/mol. The molecule has 2 aromatic rings. The van der Waals surface area contributed by atoms with Gasteiger partial charge in [0.15, 0.2) is 4.34 Å². The highest BCUT2D eigenvalue weighted by Gasteiger charge is 2.12. The molecule has 78 valence electrons. The Balaban J connectivity index is 2.12. The number of aromatic nitrogens is 2. The Morgan fingerprint density at radius 2 is 2.13 bits per heavy atom. The third-order valence-corrected chi connectivity index (χ3v) is 4.00. The fraction of sp³-hybridized carbons (Fsp3) is 0.200. The van der Waals surface area contributed by atoms with Gasteiger partial charge in [0.1, 0.15) is 6.33 Å². The molecule has 0 radical (unpaired) electrons. The van der Waals surface area contributed by atoms with E-state index in [9.17, 15) is 0 Å². The van der Waals surface area contributed by atoms with Gasteiger partial charge in [0.25, 0.3) is 0 Å². The predicted octanol–water partition coefficient (Wildman–Crippen LogP) is 2.33. The van der Waals surface area contributed by atoms with Crippen LogP contribution in [0, 0.1) is 0 Å². The number of rotatable bonds is 4. The van der Waals surface area contributed by atoms with Gasteiger partial charge in [-0.05, 0) is 17.1 Å². The monoisotopic (exact) mass is 237 g/mol. The summed E-state index contributed by atoms with van der Waals surface area (Å²) in [7, 11) is 0. The highest BCUT2D eigenvalue weighted by atomic mass is 32.2. The zero-order valence-corrected chi connectivity index (χ0v) is 9.67. The van der Waals surface area contributed by atoms with Crippen molar-refractivity contribution in [3.8, 4) is 0 Å². The lowest BCUT2D eigenvalue weighted by molar-refractivity contribution is 0.939. The molecule has 15 heavy (non-hydrogen) atoms. The van der Waals surface area contributed by atoms with Crippen LogP contribution in [0.2, 0.25) is 0 Å². The summed E-state index contributed by atoms with van der Waals surface area (Å²) in [6.07, 6.45) is 1.57. The highest BCUT2D eigenvalue weighted by Crippen LogP contribution is 2.34. The summed E-state index contributed by atoms with van der Waals surface area (Å²) in [5, 5.41) is 0.263. The minimum Gasteiger partial charge on any atom is -0.329 e. The Bertz CT molecular complexity index is 388. The summed E-state index contributed by atoms with van der Waals surface area (Å²) in [5.41, 5.74) is 6.99. The predicted molar refractivity (Wildman–Crippen MR) is 64.0 cm³/mol. The average Bonchev–Trinajstić information content (AvgIpc) is 2.80. The van der Waals surface area contributed by atoms with Crippen LogP contribution in [0.1, 0.15) is 10.8 Å². The maximum atomic E-state index is 5.76. The summed E-state index contributed by atoms with van der Waals surface area (Å²) in [5.74, 6) is 0. The fourth-order valence-electron chi connectivity index (χ4n) is 1.26. The van der Waals surface area contributed by atoms with Gasteiger partial charge < -0.3 is 5.73 Å². The van der Waals surface area contributed by atoms with Gasteiger partial charge in [-0.1, -0.05) is 42.1 Å². The minimum absolute atomic E-state index is 0.263. The lowest BCUT2D eigenvalue weighted by Gasteiger charge is -2.12. The summed E-state index contributed by atoms with van der Waals surface area (Å²) in [6.45, 7) is 0.605. The van der Waals surface area contributed by atoms with Crippen molar-refractivity contribution in [2.24, 2.45) is 5.73 Å². The Hall–Kier alpha value is -0.910. The second-order valence-corrected chi connectivity index (χ2v) is 5.19. The molecular weight excluding hydrogens is 226 g/mol. The molecule has 0 bridgehead atoms. The van der Waals surface area contributed by atoms with Gasteiger partial charge in [-0.15, -0.1) is 0 Å². The molecule has 0 saturated heterocycles. The molecular formula is C10H11N3S2. The quantitative estimate of drug-likeness (QED) is 0.829. The van der Waals surface area contributed by atoms with Gasteiger partial charge in [0.2, 0.25) is 0 Å². The Labute approximate surface area is 96.9 Å². The molecule has 1 aromatic heterocycles. The topological polar surface area (TPSA) is 51.8 Å². The van der Waals surface area contributed by atoms with E-state index in [1.165, 1.54) is 17.1 Å². The van der Waals surface area contributed by atoms with Gasteiger partial charge in [-0.25, -0.2) is 4.98 Å². The number of nitrogens with two attached hydrogens (primary N) is 1. The van der Waals surface area contributed by atoms with Crippen molar-refractivity contribution in [1.29, 1.82) is 0 Å². The largest absolute Gasteiger partial charge is 0.329 e.